The lowest BCUT2D eigenvalue weighted by Crippen LogP contribution is -2.27. The van der Waals surface area contributed by atoms with E-state index in [2.05, 4.69) is 20.7 Å². The van der Waals surface area contributed by atoms with E-state index in [0.717, 1.165) is 60.7 Å². The average Bonchev–Trinajstić information content (AvgIpc) is 3.25. The van der Waals surface area contributed by atoms with E-state index in [1.807, 2.05) is 36.7 Å². The molecule has 0 fully saturated rings. The molecule has 11 heteroatoms. The van der Waals surface area contributed by atoms with Gasteiger partial charge in [0.15, 0.2) is 16.7 Å². The van der Waals surface area contributed by atoms with Gasteiger partial charge < -0.3 is 18.6 Å². The van der Waals surface area contributed by atoms with Crippen molar-refractivity contribution in [1.29, 1.82) is 0 Å². The van der Waals surface area contributed by atoms with Gasteiger partial charge in [0.1, 0.15) is 11.5 Å². The maximum Gasteiger partial charge on any atom is 0.306 e. The van der Waals surface area contributed by atoms with E-state index < -0.39 is 10.1 Å². The Kier molecular flexibility index (Phi) is 6.87. The summed E-state index contributed by atoms with van der Waals surface area (Å²) in [6.45, 7) is 2.63. The fourth-order valence-corrected chi connectivity index (χ4v) is 5.12. The van der Waals surface area contributed by atoms with Crippen molar-refractivity contribution in [3.05, 3.63) is 41.2 Å². The molecule has 1 atom stereocenters. The summed E-state index contributed by atoms with van der Waals surface area (Å²) < 4.78 is 34.9. The molecule has 0 spiro atoms. The van der Waals surface area contributed by atoms with Crippen molar-refractivity contribution in [2.45, 2.75) is 50.4 Å². The van der Waals surface area contributed by atoms with E-state index in [-0.39, 0.29) is 0 Å². The van der Waals surface area contributed by atoms with Crippen molar-refractivity contribution in [1.82, 2.24) is 25.2 Å². The zero-order chi connectivity index (χ0) is 22.7. The molecule has 0 saturated carbocycles. The summed E-state index contributed by atoms with van der Waals surface area (Å²) in [5.41, 5.74) is 3.03. The van der Waals surface area contributed by atoms with Gasteiger partial charge in [0.2, 0.25) is 0 Å². The Morgan fingerprint density at radius 3 is 2.88 bits per heavy atom. The molecule has 0 amide bonds. The van der Waals surface area contributed by atoms with Crippen molar-refractivity contribution in [3.63, 3.8) is 0 Å². The SMILES string of the molecule is Cc1cc(-c2nnc(SCCCC3CCc4cc(OS(C)(=O)=O)ccc4CN3)n2C)no1. The van der Waals surface area contributed by atoms with Gasteiger partial charge in [-0.3, -0.25) is 0 Å². The summed E-state index contributed by atoms with van der Waals surface area (Å²) >= 11 is 1.69. The van der Waals surface area contributed by atoms with Crippen LogP contribution >= 0.6 is 11.8 Å². The maximum absolute atomic E-state index is 11.4. The minimum Gasteiger partial charge on any atom is -0.383 e. The topological polar surface area (TPSA) is 112 Å². The van der Waals surface area contributed by atoms with E-state index >= 15 is 0 Å². The summed E-state index contributed by atoms with van der Waals surface area (Å²) in [4.78, 5) is 0. The molecule has 1 aromatic carbocycles. The number of nitrogens with zero attached hydrogens (tertiary/aromatic N) is 4. The Hall–Kier alpha value is -2.37. The zero-order valence-corrected chi connectivity index (χ0v) is 20.0. The fourth-order valence-electron chi connectivity index (χ4n) is 3.80. The third-order valence-electron chi connectivity index (χ3n) is 5.39. The number of thioether (sulfide) groups is 1. The molecule has 0 radical (unpaired) electrons. The lowest BCUT2D eigenvalue weighted by atomic mass is 10.0. The Labute approximate surface area is 192 Å². The molecule has 1 aliphatic heterocycles. The van der Waals surface area contributed by atoms with Crippen LogP contribution in [0.2, 0.25) is 0 Å². The molecular weight excluding hydrogens is 450 g/mol. The molecule has 3 heterocycles. The van der Waals surface area contributed by atoms with Gasteiger partial charge in [-0.2, -0.15) is 8.42 Å². The first kappa shape index (κ1) is 22.8. The second-order valence-corrected chi connectivity index (χ2v) is 10.7. The summed E-state index contributed by atoms with van der Waals surface area (Å²) in [5.74, 6) is 2.77. The molecule has 9 nitrogen and oxygen atoms in total. The van der Waals surface area contributed by atoms with Gasteiger partial charge in [0, 0.05) is 31.5 Å². The second-order valence-electron chi connectivity index (χ2n) is 8.01. The van der Waals surface area contributed by atoms with Gasteiger partial charge in [-0.1, -0.05) is 23.0 Å². The van der Waals surface area contributed by atoms with Gasteiger partial charge in [0.05, 0.1) is 6.26 Å². The van der Waals surface area contributed by atoms with Crippen LogP contribution in [0.5, 0.6) is 5.75 Å². The highest BCUT2D eigenvalue weighted by Crippen LogP contribution is 2.26. The molecule has 3 aromatic rings. The van der Waals surface area contributed by atoms with Gasteiger partial charge in [-0.15, -0.1) is 10.2 Å². The first-order valence-corrected chi connectivity index (χ1v) is 13.3. The van der Waals surface area contributed by atoms with E-state index in [0.29, 0.717) is 23.3 Å². The number of aromatic nitrogens is 4. The lowest BCUT2D eigenvalue weighted by molar-refractivity contribution is 0.399. The minimum atomic E-state index is -3.52. The number of nitrogens with one attached hydrogen (secondary N) is 1. The molecule has 0 bridgehead atoms. The van der Waals surface area contributed by atoms with Gasteiger partial charge >= 0.3 is 10.1 Å². The molecule has 2 aromatic heterocycles. The van der Waals surface area contributed by atoms with E-state index in [1.54, 1.807) is 17.8 Å². The summed E-state index contributed by atoms with van der Waals surface area (Å²) in [6, 6.07) is 7.77. The van der Waals surface area contributed by atoms with Crippen LogP contribution in [0.15, 0.2) is 33.9 Å². The zero-order valence-electron chi connectivity index (χ0n) is 18.4. The molecule has 0 aliphatic carbocycles. The van der Waals surface area contributed by atoms with Crippen LogP contribution in [0.1, 0.15) is 36.1 Å². The van der Waals surface area contributed by atoms with E-state index in [4.69, 9.17) is 8.71 Å². The van der Waals surface area contributed by atoms with Crippen molar-refractivity contribution in [2.24, 2.45) is 7.05 Å². The van der Waals surface area contributed by atoms with Crippen LogP contribution in [0.4, 0.5) is 0 Å². The number of rotatable bonds is 8. The Morgan fingerprint density at radius 2 is 2.12 bits per heavy atom. The fraction of sp³-hybridized carbons (Fsp3) is 0.476. The first-order valence-electron chi connectivity index (χ1n) is 10.5. The van der Waals surface area contributed by atoms with Crippen LogP contribution in [0.25, 0.3) is 11.5 Å². The standard InChI is InChI=1S/C21H27N5O4S2/c1-14-11-19(25-29-14)20-23-24-21(26(20)2)31-10-4-5-17-8-6-15-12-18(30-32(3,27)28)9-7-16(15)13-22-17/h7,9,11-12,17,22H,4-6,8,10,13H2,1-3H3. The highest BCUT2D eigenvalue weighted by Gasteiger charge is 2.18. The maximum atomic E-state index is 11.4. The largest absolute Gasteiger partial charge is 0.383 e. The quantitative estimate of drug-likeness (QED) is 0.297. The van der Waals surface area contributed by atoms with Crippen LogP contribution in [0, 0.1) is 6.92 Å². The second kappa shape index (κ2) is 9.63. The third kappa shape index (κ3) is 5.70. The number of hydrogen-bond acceptors (Lipinski definition) is 9. The van der Waals surface area contributed by atoms with E-state index in [1.165, 1.54) is 5.56 Å². The molecule has 172 valence electrons. The molecular formula is C21H27N5O4S2. The van der Waals surface area contributed by atoms with Gasteiger partial charge in [-0.05, 0) is 55.9 Å². The number of fused-ring (bicyclic) bond motifs is 1. The predicted molar refractivity (Wildman–Crippen MR) is 122 cm³/mol. The Morgan fingerprint density at radius 1 is 1.28 bits per heavy atom. The predicted octanol–water partition coefficient (Wildman–Crippen LogP) is 3.09. The molecule has 1 aliphatic rings. The van der Waals surface area contributed by atoms with Crippen molar-refractivity contribution < 1.29 is 17.1 Å². The lowest BCUT2D eigenvalue weighted by Gasteiger charge is -2.15. The number of benzene rings is 1. The molecule has 32 heavy (non-hydrogen) atoms. The summed E-state index contributed by atoms with van der Waals surface area (Å²) in [7, 11) is -1.58. The average molecular weight is 478 g/mol. The minimum absolute atomic E-state index is 0.380. The number of hydrogen-bond donors (Lipinski definition) is 1. The normalized spacial score (nSPS) is 16.5. The molecule has 1 N–H and O–H groups in total. The Bertz CT molecular complexity index is 1190. The summed E-state index contributed by atoms with van der Waals surface area (Å²) in [6.07, 6.45) is 5.06. The highest BCUT2D eigenvalue weighted by atomic mass is 32.2. The molecule has 1 unspecified atom stereocenters. The van der Waals surface area contributed by atoms with Crippen LogP contribution in [-0.4, -0.2) is 46.4 Å². The van der Waals surface area contributed by atoms with Crippen LogP contribution in [-0.2, 0) is 30.1 Å². The monoisotopic (exact) mass is 477 g/mol. The van der Waals surface area contributed by atoms with Crippen LogP contribution < -0.4 is 9.50 Å². The highest BCUT2D eigenvalue weighted by molar-refractivity contribution is 7.99. The smallest absolute Gasteiger partial charge is 0.306 e. The van der Waals surface area contributed by atoms with E-state index in [9.17, 15) is 8.42 Å². The summed E-state index contributed by atoms with van der Waals surface area (Å²) in [5, 5.41) is 17.0. The third-order valence-corrected chi connectivity index (χ3v) is 6.99. The van der Waals surface area contributed by atoms with Crippen molar-refractivity contribution in [2.75, 3.05) is 12.0 Å². The van der Waals surface area contributed by atoms with Gasteiger partial charge in [0.25, 0.3) is 0 Å². The van der Waals surface area contributed by atoms with Gasteiger partial charge in [-0.25, -0.2) is 0 Å². The first-order chi connectivity index (χ1) is 15.3. The number of aryl methyl sites for hydroxylation is 2. The Balaban J connectivity index is 1.26. The van der Waals surface area contributed by atoms with Crippen molar-refractivity contribution >= 4 is 21.9 Å². The molecule has 4 rings (SSSR count). The molecule has 0 saturated heterocycles. The van der Waals surface area contributed by atoms with Crippen molar-refractivity contribution in [3.8, 4) is 17.3 Å². The van der Waals surface area contributed by atoms with Crippen LogP contribution in [0.3, 0.4) is 0 Å².